The summed E-state index contributed by atoms with van der Waals surface area (Å²) in [6.45, 7) is 2.04. The van der Waals surface area contributed by atoms with Gasteiger partial charge >= 0.3 is 0 Å². The number of ether oxygens (including phenoxy) is 1. The number of likely N-dealkylation sites (N-methyl/N-ethyl adjacent to an activating group) is 1. The van der Waals surface area contributed by atoms with E-state index in [2.05, 4.69) is 5.32 Å². The van der Waals surface area contributed by atoms with Gasteiger partial charge in [-0.15, -0.1) is 0 Å². The molecule has 0 aromatic heterocycles. The van der Waals surface area contributed by atoms with Crippen molar-refractivity contribution < 1.29 is 22.7 Å². The number of amides is 2. The van der Waals surface area contributed by atoms with Crippen LogP contribution in [0, 0.1) is 0 Å². The Kier molecular flexibility index (Phi) is 10.7. The third kappa shape index (κ3) is 8.02. The summed E-state index contributed by atoms with van der Waals surface area (Å²) < 4.78 is 31.2. The smallest absolute Gasteiger partial charge is 0.242 e. The minimum absolute atomic E-state index is 0.0425. The molecular formula is C24H31Cl2N3O5S. The van der Waals surface area contributed by atoms with Crippen LogP contribution in [0.25, 0.3) is 0 Å². The highest BCUT2D eigenvalue weighted by Gasteiger charge is 2.28. The zero-order chi connectivity index (χ0) is 26.2. The lowest BCUT2D eigenvalue weighted by atomic mass is 10.1. The fourth-order valence-corrected chi connectivity index (χ4v) is 5.11. The van der Waals surface area contributed by atoms with Crippen molar-refractivity contribution in [3.63, 3.8) is 0 Å². The number of nitrogens with one attached hydrogen (secondary N) is 1. The summed E-state index contributed by atoms with van der Waals surface area (Å²) in [6.07, 6.45) is 1.82. The van der Waals surface area contributed by atoms with E-state index in [1.165, 1.54) is 23.4 Å². The molecular weight excluding hydrogens is 513 g/mol. The second-order valence-electron chi connectivity index (χ2n) is 7.93. The molecule has 2 aromatic carbocycles. The lowest BCUT2D eigenvalue weighted by Crippen LogP contribution is -2.48. The summed E-state index contributed by atoms with van der Waals surface area (Å²) in [4.78, 5) is 27.3. The van der Waals surface area contributed by atoms with Crippen molar-refractivity contribution in [2.45, 2.75) is 38.8 Å². The van der Waals surface area contributed by atoms with E-state index in [4.69, 9.17) is 27.9 Å². The first-order valence-corrected chi connectivity index (χ1v) is 13.7. The van der Waals surface area contributed by atoms with Crippen molar-refractivity contribution >= 4 is 50.7 Å². The first-order valence-electron chi connectivity index (χ1n) is 11.1. The minimum atomic E-state index is -3.58. The topological polar surface area (TPSA) is 96.0 Å². The van der Waals surface area contributed by atoms with Crippen molar-refractivity contribution in [1.29, 1.82) is 0 Å². The summed E-state index contributed by atoms with van der Waals surface area (Å²) in [5.41, 5.74) is 1.13. The van der Waals surface area contributed by atoms with E-state index in [0.717, 1.165) is 6.26 Å². The number of methoxy groups -OCH3 is 1. The van der Waals surface area contributed by atoms with Gasteiger partial charge in [-0.3, -0.25) is 13.9 Å². The van der Waals surface area contributed by atoms with Gasteiger partial charge in [-0.1, -0.05) is 36.2 Å². The van der Waals surface area contributed by atoms with Crippen LogP contribution in [0.1, 0.15) is 31.7 Å². The van der Waals surface area contributed by atoms with Crippen molar-refractivity contribution in [2.75, 3.05) is 31.3 Å². The van der Waals surface area contributed by atoms with Crippen LogP contribution in [0.3, 0.4) is 0 Å². The molecule has 0 aliphatic rings. The highest BCUT2D eigenvalue weighted by atomic mass is 35.5. The predicted molar refractivity (Wildman–Crippen MR) is 140 cm³/mol. The van der Waals surface area contributed by atoms with Gasteiger partial charge in [-0.25, -0.2) is 8.42 Å². The predicted octanol–water partition coefficient (Wildman–Crippen LogP) is 4.10. The number of hydrogen-bond acceptors (Lipinski definition) is 5. The number of rotatable bonds is 12. The highest BCUT2D eigenvalue weighted by molar-refractivity contribution is 7.92. The average Bonchev–Trinajstić information content (AvgIpc) is 2.82. The van der Waals surface area contributed by atoms with E-state index in [0.29, 0.717) is 33.5 Å². The summed E-state index contributed by atoms with van der Waals surface area (Å²) in [6, 6.07) is 10.9. The number of sulfonamides is 1. The van der Waals surface area contributed by atoms with E-state index in [-0.39, 0.29) is 37.7 Å². The lowest BCUT2D eigenvalue weighted by molar-refractivity contribution is -0.141. The van der Waals surface area contributed by atoms with Crippen molar-refractivity contribution in [1.82, 2.24) is 10.2 Å². The molecule has 192 valence electrons. The second-order valence-corrected chi connectivity index (χ2v) is 10.7. The molecule has 2 amide bonds. The fraction of sp³-hybridized carbons (Fsp3) is 0.417. The minimum Gasteiger partial charge on any atom is -0.497 e. The highest BCUT2D eigenvalue weighted by Crippen LogP contribution is 2.25. The van der Waals surface area contributed by atoms with Gasteiger partial charge in [0.05, 0.1) is 19.1 Å². The Balaban J connectivity index is 2.21. The number of carbonyl (C=O) groups excluding carboxylic acids is 2. The zero-order valence-electron chi connectivity index (χ0n) is 20.3. The molecule has 0 radical (unpaired) electrons. The molecule has 1 atom stereocenters. The van der Waals surface area contributed by atoms with Crippen LogP contribution in [0.5, 0.6) is 5.75 Å². The van der Waals surface area contributed by atoms with E-state index >= 15 is 0 Å². The van der Waals surface area contributed by atoms with Crippen molar-refractivity contribution in [2.24, 2.45) is 0 Å². The Labute approximate surface area is 217 Å². The third-order valence-electron chi connectivity index (χ3n) is 5.50. The first kappa shape index (κ1) is 28.7. The van der Waals surface area contributed by atoms with Gasteiger partial charge in [0.15, 0.2) is 0 Å². The molecule has 0 bridgehead atoms. The molecule has 0 fully saturated rings. The number of nitrogens with zero attached hydrogens (tertiary/aromatic N) is 2. The molecule has 35 heavy (non-hydrogen) atoms. The van der Waals surface area contributed by atoms with Crippen LogP contribution in [0.2, 0.25) is 10.0 Å². The molecule has 0 saturated carbocycles. The standard InChI is InChI=1S/C24H31Cl2N3O5S/c1-5-22(24(31)27-2)28(16-17-8-9-18(25)15-21(17)26)23(30)7-6-14-29(35(4,32)33)19-10-12-20(34-3)13-11-19/h8-13,15,22H,5-7,14,16H2,1-4H3,(H,27,31)/t22-/m0/s1. The zero-order valence-corrected chi connectivity index (χ0v) is 22.6. The van der Waals surface area contributed by atoms with Crippen LogP contribution in [0.15, 0.2) is 42.5 Å². The van der Waals surface area contributed by atoms with Crippen LogP contribution >= 0.6 is 23.2 Å². The Morgan fingerprint density at radius 2 is 1.77 bits per heavy atom. The number of anilines is 1. The Hall–Kier alpha value is -2.49. The van der Waals surface area contributed by atoms with Gasteiger partial charge in [0.2, 0.25) is 21.8 Å². The molecule has 2 rings (SSSR count). The number of carbonyl (C=O) groups is 2. The summed E-state index contributed by atoms with van der Waals surface area (Å²) in [5.74, 6) is 0.0327. The first-order chi connectivity index (χ1) is 16.5. The van der Waals surface area contributed by atoms with E-state index in [1.807, 2.05) is 6.92 Å². The molecule has 0 spiro atoms. The normalized spacial score (nSPS) is 12.1. The monoisotopic (exact) mass is 543 g/mol. The Bertz CT molecular complexity index is 1130. The molecule has 1 N–H and O–H groups in total. The fourth-order valence-electron chi connectivity index (χ4n) is 3.67. The maximum absolute atomic E-state index is 13.3. The van der Waals surface area contributed by atoms with Crippen LogP contribution in [0.4, 0.5) is 5.69 Å². The van der Waals surface area contributed by atoms with Crippen LogP contribution < -0.4 is 14.4 Å². The average molecular weight is 545 g/mol. The Morgan fingerprint density at radius 1 is 1.11 bits per heavy atom. The van der Waals surface area contributed by atoms with E-state index in [9.17, 15) is 18.0 Å². The van der Waals surface area contributed by atoms with E-state index < -0.39 is 16.1 Å². The number of halogens is 2. The third-order valence-corrected chi connectivity index (χ3v) is 7.28. The van der Waals surface area contributed by atoms with Gasteiger partial charge in [-0.05, 0) is 54.8 Å². The lowest BCUT2D eigenvalue weighted by Gasteiger charge is -2.31. The molecule has 0 saturated heterocycles. The van der Waals surface area contributed by atoms with Crippen LogP contribution in [-0.4, -0.2) is 58.1 Å². The summed E-state index contributed by atoms with van der Waals surface area (Å²) >= 11 is 12.3. The SMILES string of the molecule is CC[C@@H](C(=O)NC)N(Cc1ccc(Cl)cc1Cl)C(=O)CCCN(c1ccc(OC)cc1)S(C)(=O)=O. The van der Waals surface area contributed by atoms with Gasteiger partial charge in [-0.2, -0.15) is 0 Å². The second kappa shape index (κ2) is 13.0. The van der Waals surface area contributed by atoms with Gasteiger partial charge in [0.25, 0.3) is 0 Å². The number of benzene rings is 2. The molecule has 0 aliphatic heterocycles. The maximum Gasteiger partial charge on any atom is 0.242 e. The molecule has 0 heterocycles. The quantitative estimate of drug-likeness (QED) is 0.434. The van der Waals surface area contributed by atoms with Crippen molar-refractivity contribution in [3.8, 4) is 5.75 Å². The largest absolute Gasteiger partial charge is 0.497 e. The van der Waals surface area contributed by atoms with Gasteiger partial charge in [0.1, 0.15) is 11.8 Å². The molecule has 2 aromatic rings. The van der Waals surface area contributed by atoms with Crippen molar-refractivity contribution in [3.05, 3.63) is 58.1 Å². The maximum atomic E-state index is 13.3. The summed E-state index contributed by atoms with van der Waals surface area (Å²) in [7, 11) is -0.535. The van der Waals surface area contributed by atoms with Gasteiger partial charge < -0.3 is 15.0 Å². The van der Waals surface area contributed by atoms with Gasteiger partial charge in [0, 0.05) is 36.6 Å². The number of hydrogen-bond donors (Lipinski definition) is 1. The molecule has 11 heteroatoms. The molecule has 0 unspecified atom stereocenters. The van der Waals surface area contributed by atoms with Crippen LogP contribution in [-0.2, 0) is 26.2 Å². The Morgan fingerprint density at radius 3 is 2.29 bits per heavy atom. The van der Waals surface area contributed by atoms with E-state index in [1.54, 1.807) is 42.5 Å². The molecule has 0 aliphatic carbocycles. The summed E-state index contributed by atoms with van der Waals surface area (Å²) in [5, 5.41) is 3.46. The molecule has 8 nitrogen and oxygen atoms in total.